The Morgan fingerprint density at radius 3 is 2.52 bits per heavy atom. The molecule has 3 aromatic carbocycles. The highest BCUT2D eigenvalue weighted by Crippen LogP contribution is 2.32. The Labute approximate surface area is 168 Å². The van der Waals surface area contributed by atoms with Crippen molar-refractivity contribution >= 4 is 32.2 Å². The van der Waals surface area contributed by atoms with E-state index in [-0.39, 0.29) is 28.9 Å². The summed E-state index contributed by atoms with van der Waals surface area (Å²) in [6.45, 7) is 4.09. The first kappa shape index (κ1) is 20.6. The normalized spacial score (nSPS) is 11.6. The van der Waals surface area contributed by atoms with Crippen molar-refractivity contribution in [2.24, 2.45) is 5.14 Å². The predicted molar refractivity (Wildman–Crippen MR) is 112 cm³/mol. The van der Waals surface area contributed by atoms with Crippen LogP contribution in [0.5, 0.6) is 5.75 Å². The Morgan fingerprint density at radius 2 is 1.86 bits per heavy atom. The number of nitrogens with one attached hydrogen (secondary N) is 1. The molecule has 0 aromatic heterocycles. The van der Waals surface area contributed by atoms with Crippen LogP contribution in [-0.4, -0.2) is 19.4 Å². The van der Waals surface area contributed by atoms with E-state index in [4.69, 9.17) is 9.88 Å². The zero-order valence-electron chi connectivity index (χ0n) is 16.0. The lowest BCUT2D eigenvalue weighted by atomic mass is 10.0. The van der Waals surface area contributed by atoms with Gasteiger partial charge in [0.1, 0.15) is 11.4 Å². The Bertz CT molecular complexity index is 1180. The van der Waals surface area contributed by atoms with Crippen LogP contribution in [0.2, 0.25) is 0 Å². The minimum Gasteiger partial charge on any atom is -0.491 e. The summed E-state index contributed by atoms with van der Waals surface area (Å²) in [5.41, 5.74) is 0.663. The fraction of sp³-hybridized carbons (Fsp3) is 0.200. The number of fused-ring (bicyclic) bond motifs is 1. The number of nitro benzene ring substituents is 1. The van der Waals surface area contributed by atoms with Crippen LogP contribution >= 0.6 is 0 Å². The van der Waals surface area contributed by atoms with E-state index in [1.807, 2.05) is 50.2 Å². The molecular weight excluding hydrogens is 394 g/mol. The number of nitrogens with zero attached hydrogens (tertiary/aromatic N) is 1. The van der Waals surface area contributed by atoms with Gasteiger partial charge in [0.2, 0.25) is 10.0 Å². The Kier molecular flexibility index (Phi) is 5.71. The molecule has 0 spiro atoms. The van der Waals surface area contributed by atoms with Gasteiger partial charge in [0.25, 0.3) is 5.69 Å². The molecule has 3 rings (SSSR count). The van der Waals surface area contributed by atoms with Gasteiger partial charge in [0.15, 0.2) is 0 Å². The van der Waals surface area contributed by atoms with Gasteiger partial charge in [0.05, 0.1) is 15.9 Å². The van der Waals surface area contributed by atoms with Crippen molar-refractivity contribution in [3.63, 3.8) is 0 Å². The van der Waals surface area contributed by atoms with Gasteiger partial charge in [-0.15, -0.1) is 0 Å². The van der Waals surface area contributed by atoms with Crippen LogP contribution in [0.3, 0.4) is 0 Å². The lowest BCUT2D eigenvalue weighted by molar-refractivity contribution is -0.384. The van der Waals surface area contributed by atoms with Gasteiger partial charge in [-0.2, -0.15) is 0 Å². The van der Waals surface area contributed by atoms with E-state index in [9.17, 15) is 18.5 Å². The molecule has 29 heavy (non-hydrogen) atoms. The second kappa shape index (κ2) is 8.06. The number of benzene rings is 3. The second-order valence-corrected chi connectivity index (χ2v) is 8.33. The van der Waals surface area contributed by atoms with Crippen LogP contribution in [-0.2, 0) is 16.6 Å². The molecule has 0 atom stereocenters. The first-order valence-corrected chi connectivity index (χ1v) is 10.4. The molecule has 0 radical (unpaired) electrons. The Morgan fingerprint density at radius 1 is 1.14 bits per heavy atom. The van der Waals surface area contributed by atoms with Gasteiger partial charge in [-0.1, -0.05) is 30.3 Å². The summed E-state index contributed by atoms with van der Waals surface area (Å²) in [7, 11) is -4.04. The van der Waals surface area contributed by atoms with Crippen molar-refractivity contribution in [2.45, 2.75) is 31.4 Å². The molecule has 0 heterocycles. The van der Waals surface area contributed by atoms with E-state index in [0.717, 1.165) is 22.4 Å². The van der Waals surface area contributed by atoms with Crippen LogP contribution in [0, 0.1) is 10.1 Å². The minimum absolute atomic E-state index is 0.0432. The lowest BCUT2D eigenvalue weighted by Gasteiger charge is -2.17. The van der Waals surface area contributed by atoms with Gasteiger partial charge in [0, 0.05) is 18.2 Å². The molecule has 0 saturated heterocycles. The number of ether oxygens (including phenoxy) is 1. The van der Waals surface area contributed by atoms with Gasteiger partial charge in [-0.05, 0) is 42.8 Å². The van der Waals surface area contributed by atoms with Crippen LogP contribution in [0.15, 0.2) is 59.5 Å². The molecule has 0 aliphatic rings. The number of primary sulfonamides is 1. The SMILES string of the molecule is CC(C)Oc1ccc2ccccc2c1CNc1ccc(S(N)(=O)=O)cc1[N+](=O)[O-]. The molecule has 0 amide bonds. The average Bonchev–Trinajstić information content (AvgIpc) is 2.65. The second-order valence-electron chi connectivity index (χ2n) is 6.76. The van der Waals surface area contributed by atoms with E-state index in [1.165, 1.54) is 12.1 Å². The summed E-state index contributed by atoms with van der Waals surface area (Å²) in [6, 6.07) is 15.1. The van der Waals surface area contributed by atoms with Gasteiger partial charge < -0.3 is 10.1 Å². The summed E-state index contributed by atoms with van der Waals surface area (Å²) in [4.78, 5) is 10.5. The van der Waals surface area contributed by atoms with Gasteiger partial charge in [-0.25, -0.2) is 13.6 Å². The molecule has 0 aliphatic heterocycles. The Hall–Kier alpha value is -3.17. The molecule has 9 heteroatoms. The van der Waals surface area contributed by atoms with Crippen LogP contribution in [0.25, 0.3) is 10.8 Å². The molecule has 0 unspecified atom stereocenters. The predicted octanol–water partition coefficient (Wildman–Crippen LogP) is 3.79. The van der Waals surface area contributed by atoms with Gasteiger partial charge >= 0.3 is 0 Å². The topological polar surface area (TPSA) is 125 Å². The standard InChI is InChI=1S/C20H21N3O5S/c1-13(2)28-20-10-7-14-5-3-4-6-16(14)17(20)12-22-18-9-8-15(29(21,26)27)11-19(18)23(24)25/h3-11,13,22H,12H2,1-2H3,(H2,21,26,27). The molecule has 0 bridgehead atoms. The summed E-state index contributed by atoms with van der Waals surface area (Å²) in [5, 5.41) is 21.5. The fourth-order valence-electron chi connectivity index (χ4n) is 3.04. The largest absolute Gasteiger partial charge is 0.491 e. The van der Waals surface area contributed by atoms with E-state index >= 15 is 0 Å². The van der Waals surface area contributed by atoms with E-state index in [2.05, 4.69) is 5.32 Å². The smallest absolute Gasteiger partial charge is 0.293 e. The molecule has 8 nitrogen and oxygen atoms in total. The number of hydrogen-bond donors (Lipinski definition) is 2. The molecule has 0 saturated carbocycles. The van der Waals surface area contributed by atoms with E-state index in [0.29, 0.717) is 5.75 Å². The number of rotatable bonds is 7. The summed E-state index contributed by atoms with van der Waals surface area (Å²) < 4.78 is 28.9. The quantitative estimate of drug-likeness (QED) is 0.447. The highest BCUT2D eigenvalue weighted by molar-refractivity contribution is 7.89. The molecule has 152 valence electrons. The maximum Gasteiger partial charge on any atom is 0.293 e. The zero-order chi connectivity index (χ0) is 21.2. The third-order valence-electron chi connectivity index (χ3n) is 4.31. The third-order valence-corrected chi connectivity index (χ3v) is 5.22. The molecular formula is C20H21N3O5S. The van der Waals surface area contributed by atoms with Crippen LogP contribution in [0.1, 0.15) is 19.4 Å². The zero-order valence-corrected chi connectivity index (χ0v) is 16.8. The van der Waals surface area contributed by atoms with Crippen molar-refractivity contribution in [1.82, 2.24) is 0 Å². The minimum atomic E-state index is -4.04. The highest BCUT2D eigenvalue weighted by Gasteiger charge is 2.20. The molecule has 0 fully saturated rings. The molecule has 3 aromatic rings. The first-order chi connectivity index (χ1) is 13.7. The maximum absolute atomic E-state index is 11.5. The van der Waals surface area contributed by atoms with Crippen molar-refractivity contribution in [2.75, 3.05) is 5.32 Å². The number of anilines is 1. The number of hydrogen-bond acceptors (Lipinski definition) is 6. The summed E-state index contributed by atoms with van der Waals surface area (Å²) >= 11 is 0. The monoisotopic (exact) mass is 415 g/mol. The molecule has 0 aliphatic carbocycles. The van der Waals surface area contributed by atoms with E-state index < -0.39 is 14.9 Å². The van der Waals surface area contributed by atoms with Gasteiger partial charge in [-0.3, -0.25) is 10.1 Å². The lowest BCUT2D eigenvalue weighted by Crippen LogP contribution is -2.13. The maximum atomic E-state index is 11.5. The fourth-order valence-corrected chi connectivity index (χ4v) is 3.57. The number of nitrogens with two attached hydrogens (primary N) is 1. The van der Waals surface area contributed by atoms with Crippen molar-refractivity contribution in [3.8, 4) is 5.75 Å². The summed E-state index contributed by atoms with van der Waals surface area (Å²) in [6.07, 6.45) is -0.0432. The number of nitro groups is 1. The van der Waals surface area contributed by atoms with Crippen molar-refractivity contribution in [1.29, 1.82) is 0 Å². The average molecular weight is 415 g/mol. The number of sulfonamides is 1. The van der Waals surface area contributed by atoms with Crippen molar-refractivity contribution < 1.29 is 18.1 Å². The van der Waals surface area contributed by atoms with Crippen LogP contribution in [0.4, 0.5) is 11.4 Å². The summed E-state index contributed by atoms with van der Waals surface area (Å²) in [5.74, 6) is 0.676. The Balaban J connectivity index is 2.01. The first-order valence-electron chi connectivity index (χ1n) is 8.89. The van der Waals surface area contributed by atoms with Crippen LogP contribution < -0.4 is 15.2 Å². The third kappa shape index (κ3) is 4.64. The molecule has 3 N–H and O–H groups in total. The van der Waals surface area contributed by atoms with Crippen molar-refractivity contribution in [3.05, 3.63) is 70.3 Å². The highest BCUT2D eigenvalue weighted by atomic mass is 32.2. The van der Waals surface area contributed by atoms with E-state index in [1.54, 1.807) is 0 Å².